The van der Waals surface area contributed by atoms with Gasteiger partial charge in [0.2, 0.25) is 5.91 Å². The number of amides is 4. The Morgan fingerprint density at radius 3 is 2.74 bits per heavy atom. The van der Waals surface area contributed by atoms with Crippen LogP contribution >= 0.6 is 0 Å². The predicted molar refractivity (Wildman–Crippen MR) is 74.2 cm³/mol. The summed E-state index contributed by atoms with van der Waals surface area (Å²) < 4.78 is 37.9. The lowest BCUT2D eigenvalue weighted by atomic mass is 9.86. The molecular formula is C13H12FN3O5S. The fraction of sp³-hybridized carbons (Fsp3) is 0.308. The minimum Gasteiger partial charge on any atom is -0.368 e. The van der Waals surface area contributed by atoms with Gasteiger partial charge in [0, 0.05) is 5.56 Å². The zero-order valence-corrected chi connectivity index (χ0v) is 12.5. The van der Waals surface area contributed by atoms with E-state index in [0.29, 0.717) is 4.90 Å². The number of halogens is 1. The number of nitrogens with zero attached hydrogens (tertiary/aromatic N) is 1. The van der Waals surface area contributed by atoms with Gasteiger partial charge in [0.25, 0.3) is 5.91 Å². The summed E-state index contributed by atoms with van der Waals surface area (Å²) in [6, 6.07) is 2.08. The van der Waals surface area contributed by atoms with E-state index in [4.69, 9.17) is 5.73 Å². The maximum Gasteiger partial charge on any atom is 0.325 e. The van der Waals surface area contributed by atoms with E-state index >= 15 is 0 Å². The highest BCUT2D eigenvalue weighted by molar-refractivity contribution is 7.91. The molecule has 0 aromatic heterocycles. The molecule has 1 fully saturated rings. The molecule has 2 aliphatic rings. The highest BCUT2D eigenvalue weighted by Gasteiger charge is 2.56. The van der Waals surface area contributed by atoms with E-state index in [1.807, 2.05) is 0 Å². The van der Waals surface area contributed by atoms with Crippen LogP contribution in [0.5, 0.6) is 0 Å². The molecule has 2 heterocycles. The van der Waals surface area contributed by atoms with E-state index < -0.39 is 45.6 Å². The van der Waals surface area contributed by atoms with Gasteiger partial charge in [-0.15, -0.1) is 0 Å². The number of nitrogens with two attached hydrogens (primary N) is 1. The van der Waals surface area contributed by atoms with Gasteiger partial charge in [0.15, 0.2) is 9.84 Å². The van der Waals surface area contributed by atoms with Crippen molar-refractivity contribution in [2.45, 2.75) is 16.9 Å². The van der Waals surface area contributed by atoms with Crippen LogP contribution in [0.4, 0.5) is 9.18 Å². The fourth-order valence-electron chi connectivity index (χ4n) is 2.92. The van der Waals surface area contributed by atoms with Gasteiger partial charge in [-0.3, -0.25) is 14.5 Å². The molecule has 23 heavy (non-hydrogen) atoms. The van der Waals surface area contributed by atoms with Gasteiger partial charge in [0.05, 0.1) is 10.6 Å². The summed E-state index contributed by atoms with van der Waals surface area (Å²) in [4.78, 5) is 36.0. The lowest BCUT2D eigenvalue weighted by molar-refractivity contribution is -0.134. The highest BCUT2D eigenvalue weighted by atomic mass is 32.2. The molecule has 3 N–H and O–H groups in total. The second kappa shape index (κ2) is 4.75. The molecule has 1 aromatic rings. The lowest BCUT2D eigenvalue weighted by Gasteiger charge is -2.32. The van der Waals surface area contributed by atoms with Gasteiger partial charge in [-0.25, -0.2) is 17.6 Å². The molecule has 1 spiro atoms. The largest absolute Gasteiger partial charge is 0.368 e. The van der Waals surface area contributed by atoms with Gasteiger partial charge in [0.1, 0.15) is 17.9 Å². The molecule has 4 amide bonds. The Bertz CT molecular complexity index is 853. The third-order valence-electron chi connectivity index (χ3n) is 3.97. The summed E-state index contributed by atoms with van der Waals surface area (Å²) in [5, 5.41) is 2.39. The standard InChI is InChI=1S/C13H12FN3O5S/c14-7-1-2-9-8(5-7)13(3-4-23(9,21)22)11(19)17(6-10(15)18)12(20)16-13/h1-2,5H,3-4,6H2,(H2,15,18)(H,16,20)/t13-/m1/s1. The quantitative estimate of drug-likeness (QED) is 0.540. The lowest BCUT2D eigenvalue weighted by Crippen LogP contribution is -2.49. The van der Waals surface area contributed by atoms with Gasteiger partial charge < -0.3 is 11.1 Å². The number of hydrogen-bond acceptors (Lipinski definition) is 5. The summed E-state index contributed by atoms with van der Waals surface area (Å²) in [7, 11) is -3.68. The van der Waals surface area contributed by atoms with Gasteiger partial charge in [-0.2, -0.15) is 0 Å². The predicted octanol–water partition coefficient (Wildman–Crippen LogP) is -0.764. The number of benzene rings is 1. The maximum absolute atomic E-state index is 13.6. The molecule has 3 rings (SSSR count). The van der Waals surface area contributed by atoms with E-state index in [1.165, 1.54) is 0 Å². The number of sulfone groups is 1. The monoisotopic (exact) mass is 341 g/mol. The number of nitrogens with one attached hydrogen (secondary N) is 1. The average molecular weight is 341 g/mol. The first-order valence-corrected chi connectivity index (χ1v) is 8.28. The van der Waals surface area contributed by atoms with Crippen LogP contribution in [0.3, 0.4) is 0 Å². The molecule has 0 saturated carbocycles. The Hall–Kier alpha value is -2.49. The SMILES string of the molecule is NC(=O)CN1C(=O)N[C@@]2(CCS(=O)(=O)c3ccc(F)cc32)C1=O. The van der Waals surface area contributed by atoms with Gasteiger partial charge in [-0.1, -0.05) is 0 Å². The summed E-state index contributed by atoms with van der Waals surface area (Å²) in [5.74, 6) is -2.84. The highest BCUT2D eigenvalue weighted by Crippen LogP contribution is 2.41. The van der Waals surface area contributed by atoms with Crippen molar-refractivity contribution in [3.05, 3.63) is 29.6 Å². The van der Waals surface area contributed by atoms with Crippen LogP contribution in [-0.4, -0.2) is 43.5 Å². The van der Waals surface area contributed by atoms with Crippen molar-refractivity contribution in [3.8, 4) is 0 Å². The van der Waals surface area contributed by atoms with E-state index in [0.717, 1.165) is 18.2 Å². The van der Waals surface area contributed by atoms with Crippen LogP contribution in [0, 0.1) is 5.82 Å². The Labute approximate surface area is 130 Å². The van der Waals surface area contributed by atoms with Crippen LogP contribution in [-0.2, 0) is 25.0 Å². The number of rotatable bonds is 2. The molecule has 1 atom stereocenters. The topological polar surface area (TPSA) is 127 Å². The Balaban J connectivity index is 2.18. The first-order chi connectivity index (χ1) is 10.7. The molecule has 0 radical (unpaired) electrons. The van der Waals surface area contributed by atoms with Crippen LogP contribution in [0.15, 0.2) is 23.1 Å². The Morgan fingerprint density at radius 1 is 1.39 bits per heavy atom. The van der Waals surface area contributed by atoms with Gasteiger partial charge in [-0.05, 0) is 24.6 Å². The summed E-state index contributed by atoms with van der Waals surface area (Å²) in [5.41, 5.74) is 3.18. The number of imide groups is 1. The van der Waals surface area contributed by atoms with Crippen molar-refractivity contribution < 1.29 is 27.2 Å². The minimum atomic E-state index is -3.68. The van der Waals surface area contributed by atoms with E-state index in [9.17, 15) is 27.2 Å². The van der Waals surface area contributed by atoms with Crippen molar-refractivity contribution in [3.63, 3.8) is 0 Å². The number of urea groups is 1. The van der Waals surface area contributed by atoms with Crippen molar-refractivity contribution in [2.75, 3.05) is 12.3 Å². The summed E-state index contributed by atoms with van der Waals surface area (Å²) in [6.45, 7) is -0.635. The molecule has 2 aliphatic heterocycles. The number of carbonyl (C=O) groups is 3. The number of carbonyl (C=O) groups excluding carboxylic acids is 3. The Kier molecular flexibility index (Phi) is 3.18. The average Bonchev–Trinajstić information content (AvgIpc) is 2.68. The normalized spacial score (nSPS) is 25.3. The molecule has 10 heteroatoms. The van der Waals surface area contributed by atoms with Crippen molar-refractivity contribution >= 4 is 27.7 Å². The van der Waals surface area contributed by atoms with E-state index in [2.05, 4.69) is 5.32 Å². The summed E-state index contributed by atoms with van der Waals surface area (Å²) in [6.07, 6.45) is -0.244. The Morgan fingerprint density at radius 2 is 2.09 bits per heavy atom. The third-order valence-corrected chi connectivity index (χ3v) is 5.74. The minimum absolute atomic E-state index is 0.130. The molecule has 0 bridgehead atoms. The van der Waals surface area contributed by atoms with Crippen LogP contribution in [0.2, 0.25) is 0 Å². The van der Waals surface area contributed by atoms with Gasteiger partial charge >= 0.3 is 6.03 Å². The second-order valence-electron chi connectivity index (χ2n) is 5.40. The van der Waals surface area contributed by atoms with E-state index in [-0.39, 0.29) is 22.6 Å². The molecule has 0 aliphatic carbocycles. The first-order valence-electron chi connectivity index (χ1n) is 6.62. The van der Waals surface area contributed by atoms with Crippen molar-refractivity contribution in [1.29, 1.82) is 0 Å². The number of primary amides is 1. The van der Waals surface area contributed by atoms with E-state index in [1.54, 1.807) is 0 Å². The molecule has 8 nitrogen and oxygen atoms in total. The van der Waals surface area contributed by atoms with Crippen LogP contribution in [0.25, 0.3) is 0 Å². The van der Waals surface area contributed by atoms with Crippen molar-refractivity contribution in [1.82, 2.24) is 10.2 Å². The zero-order chi connectivity index (χ0) is 17.0. The van der Waals surface area contributed by atoms with Crippen LogP contribution in [0.1, 0.15) is 12.0 Å². The van der Waals surface area contributed by atoms with Crippen molar-refractivity contribution in [2.24, 2.45) is 5.73 Å². The number of fused-ring (bicyclic) bond motifs is 2. The molecule has 0 unspecified atom stereocenters. The maximum atomic E-state index is 13.6. The second-order valence-corrected chi connectivity index (χ2v) is 7.48. The molecule has 1 aromatic carbocycles. The zero-order valence-electron chi connectivity index (χ0n) is 11.7. The third kappa shape index (κ3) is 2.17. The van der Waals surface area contributed by atoms with Crippen LogP contribution < -0.4 is 11.1 Å². The smallest absolute Gasteiger partial charge is 0.325 e. The number of hydrogen-bond donors (Lipinski definition) is 2. The first kappa shape index (κ1) is 15.4. The molecular weight excluding hydrogens is 329 g/mol. The fourth-order valence-corrected chi connectivity index (χ4v) is 4.55. The molecule has 1 saturated heterocycles. The molecule has 122 valence electrons. The summed E-state index contributed by atoms with van der Waals surface area (Å²) >= 11 is 0.